The summed E-state index contributed by atoms with van der Waals surface area (Å²) in [6, 6.07) is 20.2. The lowest BCUT2D eigenvalue weighted by atomic mass is 10.2. The third-order valence-corrected chi connectivity index (χ3v) is 4.52. The van der Waals surface area contributed by atoms with Crippen LogP contribution in [0.5, 0.6) is 0 Å². The van der Waals surface area contributed by atoms with Crippen LogP contribution in [0.1, 0.15) is 11.3 Å². The van der Waals surface area contributed by atoms with Gasteiger partial charge in [0.05, 0.1) is 11.4 Å². The van der Waals surface area contributed by atoms with E-state index in [9.17, 15) is 0 Å². The second kappa shape index (κ2) is 6.86. The Hall–Kier alpha value is -2.99. The number of rotatable bonds is 5. The molecule has 124 valence electrons. The number of para-hydroxylation sites is 1. The normalized spacial score (nSPS) is 10.8. The number of aromatic nitrogens is 4. The summed E-state index contributed by atoms with van der Waals surface area (Å²) >= 11 is 1.37. The van der Waals surface area contributed by atoms with Gasteiger partial charge in [0, 0.05) is 29.8 Å². The van der Waals surface area contributed by atoms with Crippen molar-refractivity contribution in [1.82, 2.24) is 19.1 Å². The van der Waals surface area contributed by atoms with Crippen molar-refractivity contribution in [3.63, 3.8) is 0 Å². The van der Waals surface area contributed by atoms with E-state index < -0.39 is 0 Å². The minimum Gasteiger partial charge on any atom is -0.356 e. The Balaban J connectivity index is 1.52. The van der Waals surface area contributed by atoms with Crippen LogP contribution in [0.3, 0.4) is 0 Å². The molecule has 0 aliphatic carbocycles. The molecule has 0 spiro atoms. The van der Waals surface area contributed by atoms with Crippen molar-refractivity contribution in [2.45, 2.75) is 13.5 Å². The molecule has 5 nitrogen and oxygen atoms in total. The molecule has 0 amide bonds. The Bertz CT molecular complexity index is 974. The maximum Gasteiger partial charge on any atom is 0.203 e. The second-order valence-electron chi connectivity index (χ2n) is 5.67. The molecule has 2 aromatic carbocycles. The van der Waals surface area contributed by atoms with Gasteiger partial charge < -0.3 is 5.32 Å². The lowest BCUT2D eigenvalue weighted by Gasteiger charge is -2.09. The molecule has 0 fully saturated rings. The van der Waals surface area contributed by atoms with E-state index in [0.717, 1.165) is 33.5 Å². The molecule has 2 heterocycles. The van der Waals surface area contributed by atoms with Gasteiger partial charge in [0.2, 0.25) is 5.13 Å². The highest BCUT2D eigenvalue weighted by atomic mass is 32.1. The molecule has 0 unspecified atom stereocenters. The van der Waals surface area contributed by atoms with E-state index in [2.05, 4.69) is 31.9 Å². The van der Waals surface area contributed by atoms with Gasteiger partial charge in [0.1, 0.15) is 0 Å². The first-order valence-electron chi connectivity index (χ1n) is 8.03. The summed E-state index contributed by atoms with van der Waals surface area (Å²) in [5.74, 6) is 0.754. The molecule has 0 aliphatic heterocycles. The molecule has 2 aromatic heterocycles. The predicted octanol–water partition coefficient (Wildman–Crippen LogP) is 4.31. The summed E-state index contributed by atoms with van der Waals surface area (Å²) in [5.41, 5.74) is 4.25. The van der Waals surface area contributed by atoms with Crippen LogP contribution in [0, 0.1) is 6.92 Å². The topological polar surface area (TPSA) is 55.6 Å². The SMILES string of the molecule is Cc1ccn(-c2ccccc2CNc2nc(-c3ccccc3)ns2)n1. The summed E-state index contributed by atoms with van der Waals surface area (Å²) in [5, 5.41) is 8.69. The van der Waals surface area contributed by atoms with E-state index in [1.54, 1.807) is 0 Å². The average molecular weight is 347 g/mol. The van der Waals surface area contributed by atoms with E-state index in [0.29, 0.717) is 6.54 Å². The Morgan fingerprint density at radius 3 is 2.60 bits per heavy atom. The zero-order valence-corrected chi connectivity index (χ0v) is 14.6. The minimum atomic E-state index is 0.665. The van der Waals surface area contributed by atoms with Crippen LogP contribution >= 0.6 is 11.5 Å². The standard InChI is InChI=1S/C19H17N5S/c1-14-11-12-24(22-14)17-10-6-5-9-16(17)13-20-19-21-18(23-25-19)15-7-3-2-4-8-15/h2-12H,13H2,1H3,(H,20,21,23). The van der Waals surface area contributed by atoms with Gasteiger partial charge in [0.25, 0.3) is 0 Å². The highest BCUT2D eigenvalue weighted by molar-refractivity contribution is 7.09. The minimum absolute atomic E-state index is 0.665. The molecule has 0 saturated carbocycles. The second-order valence-corrected chi connectivity index (χ2v) is 6.42. The van der Waals surface area contributed by atoms with Crippen molar-refractivity contribution < 1.29 is 0 Å². The molecule has 0 saturated heterocycles. The quantitative estimate of drug-likeness (QED) is 0.584. The van der Waals surface area contributed by atoms with Crippen molar-refractivity contribution in [3.8, 4) is 17.1 Å². The Kier molecular flexibility index (Phi) is 4.26. The van der Waals surface area contributed by atoms with Gasteiger partial charge in [-0.05, 0) is 24.6 Å². The van der Waals surface area contributed by atoms with Crippen LogP contribution < -0.4 is 5.32 Å². The Morgan fingerprint density at radius 1 is 1.00 bits per heavy atom. The van der Waals surface area contributed by atoms with Crippen LogP contribution in [-0.2, 0) is 6.54 Å². The fourth-order valence-corrected chi connectivity index (χ4v) is 3.19. The van der Waals surface area contributed by atoms with Gasteiger partial charge in [-0.3, -0.25) is 0 Å². The molecule has 0 radical (unpaired) electrons. The molecule has 4 rings (SSSR count). The smallest absolute Gasteiger partial charge is 0.203 e. The van der Waals surface area contributed by atoms with E-state index in [4.69, 9.17) is 0 Å². The first-order valence-corrected chi connectivity index (χ1v) is 8.80. The van der Waals surface area contributed by atoms with Crippen LogP contribution in [0.4, 0.5) is 5.13 Å². The number of hydrogen-bond donors (Lipinski definition) is 1. The van der Waals surface area contributed by atoms with Crippen LogP contribution in [-0.4, -0.2) is 19.1 Å². The lowest BCUT2D eigenvalue weighted by molar-refractivity contribution is 0.848. The van der Waals surface area contributed by atoms with Gasteiger partial charge in [0.15, 0.2) is 5.82 Å². The highest BCUT2D eigenvalue weighted by Gasteiger charge is 2.08. The third-order valence-electron chi connectivity index (χ3n) is 3.85. The fourth-order valence-electron chi connectivity index (χ4n) is 2.60. The summed E-state index contributed by atoms with van der Waals surface area (Å²) in [6.07, 6.45) is 1.98. The molecular weight excluding hydrogens is 330 g/mol. The number of nitrogens with zero attached hydrogens (tertiary/aromatic N) is 4. The van der Waals surface area contributed by atoms with Gasteiger partial charge in [-0.2, -0.15) is 14.5 Å². The summed E-state index contributed by atoms with van der Waals surface area (Å²) in [6.45, 7) is 2.65. The highest BCUT2D eigenvalue weighted by Crippen LogP contribution is 2.22. The van der Waals surface area contributed by atoms with Crippen molar-refractivity contribution in [2.75, 3.05) is 5.32 Å². The van der Waals surface area contributed by atoms with Crippen molar-refractivity contribution in [2.24, 2.45) is 0 Å². The summed E-state index contributed by atoms with van der Waals surface area (Å²) in [4.78, 5) is 4.58. The number of hydrogen-bond acceptors (Lipinski definition) is 5. The van der Waals surface area contributed by atoms with Crippen LogP contribution in [0.25, 0.3) is 17.1 Å². The first kappa shape index (κ1) is 15.5. The van der Waals surface area contributed by atoms with Crippen LogP contribution in [0.2, 0.25) is 0 Å². The fraction of sp³-hybridized carbons (Fsp3) is 0.105. The lowest BCUT2D eigenvalue weighted by Crippen LogP contribution is -2.05. The van der Waals surface area contributed by atoms with Gasteiger partial charge in [-0.15, -0.1) is 0 Å². The first-order chi connectivity index (χ1) is 12.3. The van der Waals surface area contributed by atoms with Crippen LogP contribution in [0.15, 0.2) is 66.9 Å². The molecule has 6 heteroatoms. The molecule has 25 heavy (non-hydrogen) atoms. The number of anilines is 1. The Labute approximate surface area is 150 Å². The average Bonchev–Trinajstić information content (AvgIpc) is 3.30. The van der Waals surface area contributed by atoms with E-state index in [-0.39, 0.29) is 0 Å². The van der Waals surface area contributed by atoms with Crippen molar-refractivity contribution in [3.05, 3.63) is 78.1 Å². The van der Waals surface area contributed by atoms with E-state index >= 15 is 0 Å². The number of benzene rings is 2. The molecule has 1 N–H and O–H groups in total. The number of aryl methyl sites for hydroxylation is 1. The summed E-state index contributed by atoms with van der Waals surface area (Å²) in [7, 11) is 0. The van der Waals surface area contributed by atoms with Gasteiger partial charge in [-0.1, -0.05) is 48.5 Å². The molecular formula is C19H17N5S. The Morgan fingerprint density at radius 2 is 1.80 bits per heavy atom. The van der Waals surface area contributed by atoms with Gasteiger partial charge >= 0.3 is 0 Å². The zero-order chi connectivity index (χ0) is 17.1. The van der Waals surface area contributed by atoms with Crippen molar-refractivity contribution >= 4 is 16.7 Å². The monoisotopic (exact) mass is 347 g/mol. The number of nitrogens with one attached hydrogen (secondary N) is 1. The molecule has 4 aromatic rings. The molecule has 0 atom stereocenters. The van der Waals surface area contributed by atoms with Crippen molar-refractivity contribution in [1.29, 1.82) is 0 Å². The largest absolute Gasteiger partial charge is 0.356 e. The van der Waals surface area contributed by atoms with E-state index in [1.807, 2.05) is 66.3 Å². The third kappa shape index (κ3) is 3.44. The van der Waals surface area contributed by atoms with E-state index in [1.165, 1.54) is 11.5 Å². The van der Waals surface area contributed by atoms with Gasteiger partial charge in [-0.25, -0.2) is 4.68 Å². The maximum atomic E-state index is 4.58. The molecule has 0 bridgehead atoms. The zero-order valence-electron chi connectivity index (χ0n) is 13.8. The maximum absolute atomic E-state index is 4.58. The predicted molar refractivity (Wildman–Crippen MR) is 101 cm³/mol. The summed E-state index contributed by atoms with van der Waals surface area (Å²) < 4.78 is 6.34. The molecule has 0 aliphatic rings.